The zero-order chi connectivity index (χ0) is 14.0. The Morgan fingerprint density at radius 1 is 1.47 bits per heavy atom. The quantitative estimate of drug-likeness (QED) is 0.877. The molecule has 0 aliphatic heterocycles. The number of thiophene rings is 1. The van der Waals surface area contributed by atoms with Gasteiger partial charge in [-0.15, -0.1) is 11.3 Å². The third-order valence-corrected chi connectivity index (χ3v) is 4.24. The normalized spacial score (nSPS) is 12.9. The van der Waals surface area contributed by atoms with Gasteiger partial charge in [-0.05, 0) is 31.2 Å². The molecule has 2 aromatic heterocycles. The summed E-state index contributed by atoms with van der Waals surface area (Å²) in [5.74, 6) is 1.42. The summed E-state index contributed by atoms with van der Waals surface area (Å²) in [7, 11) is 0. The van der Waals surface area contributed by atoms with Gasteiger partial charge in [-0.2, -0.15) is 5.10 Å². The van der Waals surface area contributed by atoms with Crippen LogP contribution in [0.3, 0.4) is 0 Å². The maximum atomic E-state index is 6.14. The highest BCUT2D eigenvalue weighted by Gasteiger charge is 2.20. The van der Waals surface area contributed by atoms with Crippen molar-refractivity contribution in [2.24, 2.45) is 5.92 Å². The number of nitrogen functional groups attached to an aromatic ring is 1. The average molecular weight is 278 g/mol. The first-order valence-corrected chi connectivity index (χ1v) is 7.55. The molecule has 0 saturated heterocycles. The summed E-state index contributed by atoms with van der Waals surface area (Å²) in [6.45, 7) is 9.27. The maximum Gasteiger partial charge on any atom is 0.148 e. The Morgan fingerprint density at radius 3 is 2.74 bits per heavy atom. The van der Waals surface area contributed by atoms with Gasteiger partial charge in [-0.25, -0.2) is 4.68 Å². The van der Waals surface area contributed by atoms with Gasteiger partial charge in [0.15, 0.2) is 0 Å². The molecule has 1 unspecified atom stereocenters. The van der Waals surface area contributed by atoms with E-state index in [2.05, 4.69) is 48.7 Å². The first kappa shape index (κ1) is 13.9. The number of nitrogens with one attached hydrogen (secondary N) is 1. The van der Waals surface area contributed by atoms with Gasteiger partial charge in [0, 0.05) is 11.4 Å². The van der Waals surface area contributed by atoms with Gasteiger partial charge < -0.3 is 11.1 Å². The Labute approximate surface area is 118 Å². The third kappa shape index (κ3) is 2.76. The molecule has 0 aliphatic carbocycles. The number of nitrogens with zero attached hydrogens (tertiary/aromatic N) is 2. The predicted molar refractivity (Wildman–Crippen MR) is 82.6 cm³/mol. The maximum absolute atomic E-state index is 6.14. The molecule has 5 heteroatoms. The molecule has 2 rings (SSSR count). The Balaban J connectivity index is 2.32. The SMILES string of the molecule is CCn1nc(C)c(N)c1NC(c1cccs1)C(C)C. The van der Waals surface area contributed by atoms with Crippen LogP contribution in [0.5, 0.6) is 0 Å². The van der Waals surface area contributed by atoms with Crippen molar-refractivity contribution in [3.8, 4) is 0 Å². The zero-order valence-corrected chi connectivity index (χ0v) is 12.8. The smallest absolute Gasteiger partial charge is 0.148 e. The highest BCUT2D eigenvalue weighted by Crippen LogP contribution is 2.32. The minimum absolute atomic E-state index is 0.267. The van der Waals surface area contributed by atoms with E-state index in [1.165, 1.54) is 4.88 Å². The summed E-state index contributed by atoms with van der Waals surface area (Å²) in [4.78, 5) is 1.33. The molecule has 0 radical (unpaired) electrons. The van der Waals surface area contributed by atoms with Crippen LogP contribution in [0.15, 0.2) is 17.5 Å². The van der Waals surface area contributed by atoms with E-state index in [0.717, 1.165) is 23.7 Å². The second-order valence-electron chi connectivity index (χ2n) is 5.04. The van der Waals surface area contributed by atoms with Crippen molar-refractivity contribution in [3.63, 3.8) is 0 Å². The molecular formula is C14H22N4S. The summed E-state index contributed by atoms with van der Waals surface area (Å²) in [6, 6.07) is 4.52. The largest absolute Gasteiger partial charge is 0.394 e. The van der Waals surface area contributed by atoms with Crippen LogP contribution in [0.1, 0.15) is 37.4 Å². The molecule has 0 fully saturated rings. The molecule has 0 aliphatic rings. The fourth-order valence-corrected chi connectivity index (χ4v) is 3.11. The molecule has 0 bridgehead atoms. The molecular weight excluding hydrogens is 256 g/mol. The molecule has 19 heavy (non-hydrogen) atoms. The van der Waals surface area contributed by atoms with Crippen LogP contribution < -0.4 is 11.1 Å². The van der Waals surface area contributed by atoms with E-state index >= 15 is 0 Å². The van der Waals surface area contributed by atoms with E-state index in [-0.39, 0.29) is 6.04 Å². The number of anilines is 2. The van der Waals surface area contributed by atoms with Crippen molar-refractivity contribution in [1.82, 2.24) is 9.78 Å². The van der Waals surface area contributed by atoms with Gasteiger partial charge in [-0.1, -0.05) is 19.9 Å². The van der Waals surface area contributed by atoms with E-state index in [1.54, 1.807) is 11.3 Å². The molecule has 0 saturated carbocycles. The van der Waals surface area contributed by atoms with Crippen LogP contribution >= 0.6 is 11.3 Å². The highest BCUT2D eigenvalue weighted by atomic mass is 32.1. The van der Waals surface area contributed by atoms with Crippen molar-refractivity contribution < 1.29 is 0 Å². The van der Waals surface area contributed by atoms with E-state index in [9.17, 15) is 0 Å². The van der Waals surface area contributed by atoms with Crippen LogP contribution in [-0.2, 0) is 6.54 Å². The van der Waals surface area contributed by atoms with Gasteiger partial charge in [0.2, 0.25) is 0 Å². The lowest BCUT2D eigenvalue weighted by Gasteiger charge is -2.23. The van der Waals surface area contributed by atoms with Gasteiger partial charge in [0.25, 0.3) is 0 Å². The van der Waals surface area contributed by atoms with Crippen molar-refractivity contribution in [2.45, 2.75) is 40.3 Å². The summed E-state index contributed by atoms with van der Waals surface area (Å²) in [5, 5.41) is 10.1. The Bertz CT molecular complexity index is 528. The molecule has 2 aromatic rings. The fraction of sp³-hybridized carbons (Fsp3) is 0.500. The number of aryl methyl sites for hydroxylation is 2. The van der Waals surface area contributed by atoms with Crippen molar-refractivity contribution in [3.05, 3.63) is 28.1 Å². The number of hydrogen-bond donors (Lipinski definition) is 2. The standard InChI is InChI=1S/C14H22N4S/c1-5-18-14(12(15)10(4)17-18)16-13(9(2)3)11-7-6-8-19-11/h6-9,13,16H,5,15H2,1-4H3. The summed E-state index contributed by atoms with van der Waals surface area (Å²) in [6.07, 6.45) is 0. The Morgan fingerprint density at radius 2 is 2.21 bits per heavy atom. The third-order valence-electron chi connectivity index (χ3n) is 3.28. The minimum atomic E-state index is 0.267. The van der Waals surface area contributed by atoms with Crippen molar-refractivity contribution in [2.75, 3.05) is 11.1 Å². The molecule has 1 atom stereocenters. The van der Waals surface area contributed by atoms with Crippen molar-refractivity contribution in [1.29, 1.82) is 0 Å². The zero-order valence-electron chi connectivity index (χ0n) is 12.0. The Hall–Kier alpha value is -1.49. The van der Waals surface area contributed by atoms with E-state index < -0.39 is 0 Å². The predicted octanol–water partition coefficient (Wildman–Crippen LogP) is 3.66. The van der Waals surface area contributed by atoms with E-state index in [4.69, 9.17) is 5.73 Å². The molecule has 0 spiro atoms. The summed E-state index contributed by atoms with van der Waals surface area (Å²) in [5.41, 5.74) is 7.78. The molecule has 3 N–H and O–H groups in total. The van der Waals surface area contributed by atoms with Gasteiger partial charge in [0.05, 0.1) is 17.4 Å². The lowest BCUT2D eigenvalue weighted by molar-refractivity contribution is 0.543. The van der Waals surface area contributed by atoms with Crippen LogP contribution in [-0.4, -0.2) is 9.78 Å². The number of rotatable bonds is 5. The number of nitrogens with two attached hydrogens (primary N) is 1. The minimum Gasteiger partial charge on any atom is -0.394 e. The molecule has 104 valence electrons. The molecule has 0 amide bonds. The Kier molecular flexibility index (Phi) is 4.14. The monoisotopic (exact) mass is 278 g/mol. The lowest BCUT2D eigenvalue weighted by atomic mass is 10.0. The fourth-order valence-electron chi connectivity index (χ4n) is 2.16. The van der Waals surface area contributed by atoms with Gasteiger partial charge in [-0.3, -0.25) is 0 Å². The van der Waals surface area contributed by atoms with Crippen LogP contribution in [0.25, 0.3) is 0 Å². The molecule has 4 nitrogen and oxygen atoms in total. The van der Waals surface area contributed by atoms with Crippen LogP contribution in [0.4, 0.5) is 11.5 Å². The lowest BCUT2D eigenvalue weighted by Crippen LogP contribution is -2.18. The second kappa shape index (κ2) is 5.65. The highest BCUT2D eigenvalue weighted by molar-refractivity contribution is 7.10. The molecule has 2 heterocycles. The summed E-state index contributed by atoms with van der Waals surface area (Å²) >= 11 is 1.77. The topological polar surface area (TPSA) is 55.9 Å². The average Bonchev–Trinajstić information content (AvgIpc) is 2.97. The number of hydrogen-bond acceptors (Lipinski definition) is 4. The first-order valence-electron chi connectivity index (χ1n) is 6.67. The molecule has 0 aromatic carbocycles. The summed E-state index contributed by atoms with van der Waals surface area (Å²) < 4.78 is 1.94. The van der Waals surface area contributed by atoms with Gasteiger partial charge in [0.1, 0.15) is 5.82 Å². The van der Waals surface area contributed by atoms with Gasteiger partial charge >= 0.3 is 0 Å². The van der Waals surface area contributed by atoms with E-state index in [1.807, 2.05) is 11.6 Å². The van der Waals surface area contributed by atoms with E-state index in [0.29, 0.717) is 5.92 Å². The second-order valence-corrected chi connectivity index (χ2v) is 6.02. The van der Waals surface area contributed by atoms with Crippen LogP contribution in [0, 0.1) is 12.8 Å². The number of aromatic nitrogens is 2. The first-order chi connectivity index (χ1) is 9.04. The van der Waals surface area contributed by atoms with Crippen LogP contribution in [0.2, 0.25) is 0 Å². The van der Waals surface area contributed by atoms with Crippen molar-refractivity contribution >= 4 is 22.8 Å².